The van der Waals surface area contributed by atoms with E-state index in [0.717, 1.165) is 42.3 Å². The summed E-state index contributed by atoms with van der Waals surface area (Å²) in [5.74, 6) is -0.159. The molecule has 4 aromatic rings. The van der Waals surface area contributed by atoms with Gasteiger partial charge in [0, 0.05) is 64.5 Å². The van der Waals surface area contributed by atoms with Crippen LogP contribution in [0.1, 0.15) is 75.8 Å². The lowest BCUT2D eigenvalue weighted by Gasteiger charge is -2.11. The summed E-state index contributed by atoms with van der Waals surface area (Å²) < 4.78 is 4.94. The van der Waals surface area contributed by atoms with Gasteiger partial charge in [-0.15, -0.1) is 0 Å². The predicted molar refractivity (Wildman–Crippen MR) is 158 cm³/mol. The van der Waals surface area contributed by atoms with Crippen LogP contribution in [0.2, 0.25) is 0 Å². The molecule has 0 bridgehead atoms. The topological polar surface area (TPSA) is 119 Å². The second-order valence-corrected chi connectivity index (χ2v) is 10.9. The number of methoxy groups -OCH3 is 1. The number of aryl methyl sites for hydroxylation is 4. The van der Waals surface area contributed by atoms with Crippen LogP contribution in [0, 0.1) is 0 Å². The molecule has 8 nitrogen and oxygen atoms in total. The normalized spacial score (nSPS) is 15.1. The number of rotatable bonds is 7. The molecule has 0 radical (unpaired) electrons. The molecule has 2 amide bonds. The third-order valence-corrected chi connectivity index (χ3v) is 7.87. The second-order valence-electron chi connectivity index (χ2n) is 10.9. The highest BCUT2D eigenvalue weighted by molar-refractivity contribution is 6.00. The van der Waals surface area contributed by atoms with Gasteiger partial charge in [0.05, 0.1) is 12.7 Å². The maximum atomic E-state index is 12.1. The zero-order valence-corrected chi connectivity index (χ0v) is 23.5. The Morgan fingerprint density at radius 3 is 1.82 bits per heavy atom. The van der Waals surface area contributed by atoms with E-state index in [0.29, 0.717) is 18.7 Å². The summed E-state index contributed by atoms with van der Waals surface area (Å²) in [5.41, 5.74) is 9.09. The summed E-state index contributed by atoms with van der Waals surface area (Å²) in [7, 11) is 1.63. The van der Waals surface area contributed by atoms with E-state index in [9.17, 15) is 14.7 Å². The molecule has 0 saturated heterocycles. The Hall–Kier alpha value is -3.62. The Balaban J connectivity index is 0.000000161. The molecule has 40 heavy (non-hydrogen) atoms. The summed E-state index contributed by atoms with van der Waals surface area (Å²) in [6, 6.07) is 11.7. The number of carbonyl (C=O) groups excluding carboxylic acids is 2. The van der Waals surface area contributed by atoms with E-state index in [-0.39, 0.29) is 18.4 Å². The van der Waals surface area contributed by atoms with Crippen molar-refractivity contribution in [3.63, 3.8) is 0 Å². The maximum Gasteiger partial charge on any atom is 0.251 e. The van der Waals surface area contributed by atoms with E-state index < -0.39 is 6.10 Å². The standard InChI is InChI=1S/2C16H20N2O2/c1-10(19)9-17-16(20)11-6-7-15-13(8-11)12-4-2-3-5-14(12)18-15;1-20-9-8-17-16(19)11-6-7-15-13(10-11)12-4-2-3-5-14(12)18-15/h6-8,10,18-19H,2-5,9H2,1H3,(H,17,20);6-7,10,18H,2-5,8-9H2,1H3,(H,17,19). The molecule has 2 aliphatic carbocycles. The molecular weight excluding hydrogens is 504 g/mol. The van der Waals surface area contributed by atoms with Crippen LogP contribution in [0.5, 0.6) is 0 Å². The molecule has 2 aromatic heterocycles. The third-order valence-electron chi connectivity index (χ3n) is 7.87. The maximum absolute atomic E-state index is 12.1. The van der Waals surface area contributed by atoms with E-state index in [1.54, 1.807) is 14.0 Å². The number of aliphatic hydroxyl groups excluding tert-OH is 1. The van der Waals surface area contributed by atoms with Gasteiger partial charge in [-0.3, -0.25) is 9.59 Å². The van der Waals surface area contributed by atoms with Crippen molar-refractivity contribution >= 4 is 33.6 Å². The largest absolute Gasteiger partial charge is 0.392 e. The second kappa shape index (κ2) is 12.7. The number of nitrogens with one attached hydrogen (secondary N) is 4. The molecule has 2 aromatic carbocycles. The van der Waals surface area contributed by atoms with Gasteiger partial charge < -0.3 is 30.4 Å². The fraction of sp³-hybridized carbons (Fsp3) is 0.438. The number of hydrogen-bond acceptors (Lipinski definition) is 4. The minimum Gasteiger partial charge on any atom is -0.392 e. The lowest BCUT2D eigenvalue weighted by Crippen LogP contribution is -2.30. The summed E-state index contributed by atoms with van der Waals surface area (Å²) >= 11 is 0. The van der Waals surface area contributed by atoms with Gasteiger partial charge in [0.2, 0.25) is 0 Å². The van der Waals surface area contributed by atoms with Crippen LogP contribution in [-0.4, -0.2) is 59.8 Å². The molecule has 5 N–H and O–H groups in total. The molecule has 8 heteroatoms. The van der Waals surface area contributed by atoms with Crippen molar-refractivity contribution in [2.75, 3.05) is 26.8 Å². The first-order valence-corrected chi connectivity index (χ1v) is 14.4. The first kappa shape index (κ1) is 27.9. The number of aromatic nitrogens is 2. The number of H-pyrrole nitrogens is 2. The average molecular weight is 545 g/mol. The van der Waals surface area contributed by atoms with Crippen LogP contribution in [0.4, 0.5) is 0 Å². The number of benzene rings is 2. The molecule has 212 valence electrons. The fourth-order valence-electron chi connectivity index (χ4n) is 5.81. The lowest BCUT2D eigenvalue weighted by atomic mass is 9.95. The highest BCUT2D eigenvalue weighted by atomic mass is 16.5. The summed E-state index contributed by atoms with van der Waals surface area (Å²) in [6.07, 6.45) is 8.86. The predicted octanol–water partition coefficient (Wildman–Crippen LogP) is 4.58. The van der Waals surface area contributed by atoms with Gasteiger partial charge >= 0.3 is 0 Å². The van der Waals surface area contributed by atoms with E-state index in [1.807, 2.05) is 36.4 Å². The molecule has 1 atom stereocenters. The van der Waals surface area contributed by atoms with E-state index in [4.69, 9.17) is 4.74 Å². The minimum atomic E-state index is -0.525. The van der Waals surface area contributed by atoms with Crippen LogP contribution in [0.3, 0.4) is 0 Å². The smallest absolute Gasteiger partial charge is 0.251 e. The Morgan fingerprint density at radius 1 is 0.825 bits per heavy atom. The van der Waals surface area contributed by atoms with E-state index in [1.165, 1.54) is 59.0 Å². The lowest BCUT2D eigenvalue weighted by molar-refractivity contribution is 0.0921. The summed E-state index contributed by atoms with van der Waals surface area (Å²) in [5, 5.41) is 17.2. The summed E-state index contributed by atoms with van der Waals surface area (Å²) in [4.78, 5) is 31.1. The van der Waals surface area contributed by atoms with E-state index in [2.05, 4.69) is 20.6 Å². The van der Waals surface area contributed by atoms with Crippen molar-refractivity contribution in [1.29, 1.82) is 0 Å². The van der Waals surface area contributed by atoms with Gasteiger partial charge in [-0.25, -0.2) is 0 Å². The van der Waals surface area contributed by atoms with Crippen LogP contribution >= 0.6 is 0 Å². The number of carbonyl (C=O) groups is 2. The highest BCUT2D eigenvalue weighted by Gasteiger charge is 2.18. The zero-order chi connectivity index (χ0) is 28.1. The van der Waals surface area contributed by atoms with Crippen LogP contribution < -0.4 is 10.6 Å². The van der Waals surface area contributed by atoms with Crippen molar-refractivity contribution in [2.45, 2.75) is 64.4 Å². The third kappa shape index (κ3) is 6.24. The molecule has 2 heterocycles. The molecule has 0 spiro atoms. The first-order chi connectivity index (χ1) is 19.4. The van der Waals surface area contributed by atoms with Crippen molar-refractivity contribution < 1.29 is 19.4 Å². The number of aromatic amines is 2. The van der Waals surface area contributed by atoms with Gasteiger partial charge in [-0.1, -0.05) is 0 Å². The Labute approximate surface area is 234 Å². The quantitative estimate of drug-likeness (QED) is 0.219. The monoisotopic (exact) mass is 544 g/mol. The van der Waals surface area contributed by atoms with Crippen molar-refractivity contribution in [1.82, 2.24) is 20.6 Å². The number of amides is 2. The zero-order valence-electron chi connectivity index (χ0n) is 23.5. The van der Waals surface area contributed by atoms with Crippen molar-refractivity contribution in [3.8, 4) is 0 Å². The van der Waals surface area contributed by atoms with Crippen molar-refractivity contribution in [3.05, 3.63) is 70.0 Å². The van der Waals surface area contributed by atoms with E-state index >= 15 is 0 Å². The molecule has 0 saturated carbocycles. The molecular formula is C32H40N4O4. The van der Waals surface area contributed by atoms with Gasteiger partial charge in [-0.05, 0) is 106 Å². The highest BCUT2D eigenvalue weighted by Crippen LogP contribution is 2.30. The minimum absolute atomic E-state index is 0.0327. The number of ether oxygens (including phenoxy) is 1. The Morgan fingerprint density at radius 2 is 1.32 bits per heavy atom. The van der Waals surface area contributed by atoms with Crippen LogP contribution in [0.25, 0.3) is 21.8 Å². The molecule has 1 unspecified atom stereocenters. The van der Waals surface area contributed by atoms with Gasteiger partial charge in [0.25, 0.3) is 11.8 Å². The first-order valence-electron chi connectivity index (χ1n) is 14.4. The number of hydrogen-bond donors (Lipinski definition) is 5. The molecule has 0 fully saturated rings. The number of fused-ring (bicyclic) bond motifs is 6. The molecule has 0 aliphatic heterocycles. The Kier molecular flexibility index (Phi) is 8.87. The molecule has 6 rings (SSSR count). The number of aliphatic hydroxyl groups is 1. The van der Waals surface area contributed by atoms with Crippen LogP contribution in [0.15, 0.2) is 36.4 Å². The van der Waals surface area contributed by atoms with Crippen molar-refractivity contribution in [2.24, 2.45) is 0 Å². The fourth-order valence-corrected chi connectivity index (χ4v) is 5.81. The van der Waals surface area contributed by atoms with Gasteiger partial charge in [0.1, 0.15) is 0 Å². The van der Waals surface area contributed by atoms with Crippen LogP contribution in [-0.2, 0) is 30.4 Å². The van der Waals surface area contributed by atoms with Gasteiger partial charge in [0.15, 0.2) is 0 Å². The Bertz CT molecular complexity index is 1500. The summed E-state index contributed by atoms with van der Waals surface area (Å²) in [6.45, 7) is 3.01. The molecule has 2 aliphatic rings. The SMILES string of the molecule is CC(O)CNC(=O)c1ccc2[nH]c3c(c2c1)CCCC3.COCCNC(=O)c1ccc2[nH]c3c(c2c1)CCCC3. The average Bonchev–Trinajstić information content (AvgIpc) is 3.53. The van der Waals surface area contributed by atoms with Gasteiger partial charge in [-0.2, -0.15) is 0 Å².